The number of alkyl halides is 2. The summed E-state index contributed by atoms with van der Waals surface area (Å²) in [7, 11) is 0. The number of pyridine rings is 1. The zero-order chi connectivity index (χ0) is 24.2. The molecule has 174 valence electrons. The van der Waals surface area contributed by atoms with E-state index in [1.165, 1.54) is 55.6 Å². The molecule has 1 unspecified atom stereocenters. The van der Waals surface area contributed by atoms with Crippen LogP contribution in [-0.2, 0) is 9.59 Å². The lowest BCUT2D eigenvalue weighted by Crippen LogP contribution is -2.73. The van der Waals surface area contributed by atoms with Crippen molar-refractivity contribution >= 4 is 29.0 Å². The highest BCUT2D eigenvalue weighted by Crippen LogP contribution is 2.35. The Morgan fingerprint density at radius 3 is 2.56 bits per heavy atom. The highest BCUT2D eigenvalue weighted by Gasteiger charge is 2.41. The molecule has 1 aliphatic heterocycles. The van der Waals surface area contributed by atoms with Gasteiger partial charge in [-0.3, -0.25) is 14.6 Å². The topological polar surface area (TPSA) is 118 Å². The SMILES string of the molecule is CC1=NN(c2ccc(OC(F)F)c(-c3ccccn3)c2)C(=O)C1C(=O)Oc1ccc([NH2+]O)cc1. The maximum Gasteiger partial charge on any atom is 0.387 e. The minimum atomic E-state index is -3.05. The van der Waals surface area contributed by atoms with Gasteiger partial charge >= 0.3 is 12.6 Å². The molecule has 0 saturated heterocycles. The third kappa shape index (κ3) is 4.75. The summed E-state index contributed by atoms with van der Waals surface area (Å²) >= 11 is 0. The van der Waals surface area contributed by atoms with Gasteiger partial charge in [0.25, 0.3) is 5.91 Å². The standard InChI is InChI=1S/C23H18F2N4O5/c1-13-20(22(31)33-16-8-5-14(28-32)6-9-16)21(30)29(27-13)15-7-10-19(34-23(24)25)17(12-15)18-4-2-3-11-26-18/h2-12,20,23,28,32H,1H3/p+1. The number of benzene rings is 2. The lowest BCUT2D eigenvalue weighted by Gasteiger charge is -2.17. The van der Waals surface area contributed by atoms with E-state index in [2.05, 4.69) is 14.8 Å². The molecule has 3 aromatic rings. The van der Waals surface area contributed by atoms with Crippen LogP contribution in [0.1, 0.15) is 6.92 Å². The quantitative estimate of drug-likeness (QED) is 0.181. The average Bonchev–Trinajstić information content (AvgIpc) is 3.14. The summed E-state index contributed by atoms with van der Waals surface area (Å²) in [6, 6.07) is 15.1. The normalized spacial score (nSPS) is 15.4. The fraction of sp³-hybridized carbons (Fsp3) is 0.130. The molecule has 0 fully saturated rings. The number of anilines is 1. The van der Waals surface area contributed by atoms with Gasteiger partial charge in [-0.05, 0) is 49.4 Å². The number of esters is 1. The van der Waals surface area contributed by atoms with Crippen LogP contribution >= 0.6 is 0 Å². The molecule has 0 bridgehead atoms. The number of rotatable bonds is 7. The third-order valence-corrected chi connectivity index (χ3v) is 4.98. The molecule has 1 aliphatic rings. The number of hydrazone groups is 1. The van der Waals surface area contributed by atoms with Crippen molar-refractivity contribution in [3.8, 4) is 22.8 Å². The summed E-state index contributed by atoms with van der Waals surface area (Å²) in [5, 5.41) is 14.2. The summed E-state index contributed by atoms with van der Waals surface area (Å²) in [4.78, 5) is 29.9. The van der Waals surface area contributed by atoms with Crippen molar-refractivity contribution in [1.29, 1.82) is 0 Å². The molecule has 3 N–H and O–H groups in total. The van der Waals surface area contributed by atoms with Crippen LogP contribution in [0.2, 0.25) is 0 Å². The monoisotopic (exact) mass is 469 g/mol. The molecule has 1 atom stereocenters. The van der Waals surface area contributed by atoms with Crippen molar-refractivity contribution in [2.75, 3.05) is 5.01 Å². The first-order valence-electron chi connectivity index (χ1n) is 10.1. The number of carbonyl (C=O) groups excluding carboxylic acids is 2. The predicted molar refractivity (Wildman–Crippen MR) is 116 cm³/mol. The van der Waals surface area contributed by atoms with E-state index in [9.17, 15) is 18.4 Å². The van der Waals surface area contributed by atoms with Crippen LogP contribution in [0.25, 0.3) is 11.3 Å². The molecule has 1 aromatic heterocycles. The van der Waals surface area contributed by atoms with Crippen LogP contribution in [0.4, 0.5) is 20.2 Å². The smallest absolute Gasteiger partial charge is 0.387 e. The third-order valence-electron chi connectivity index (χ3n) is 4.98. The Morgan fingerprint density at radius 2 is 1.91 bits per heavy atom. The Labute approximate surface area is 192 Å². The number of hydrogen-bond acceptors (Lipinski definition) is 7. The zero-order valence-electron chi connectivity index (χ0n) is 17.8. The minimum absolute atomic E-state index is 0.121. The van der Waals surface area contributed by atoms with Crippen molar-refractivity contribution in [1.82, 2.24) is 4.98 Å². The van der Waals surface area contributed by atoms with E-state index in [0.29, 0.717) is 11.4 Å². The summed E-state index contributed by atoms with van der Waals surface area (Å²) in [5.74, 6) is -2.68. The van der Waals surface area contributed by atoms with E-state index in [1.807, 2.05) is 0 Å². The predicted octanol–water partition coefficient (Wildman–Crippen LogP) is 2.88. The van der Waals surface area contributed by atoms with Crippen LogP contribution in [0.3, 0.4) is 0 Å². The van der Waals surface area contributed by atoms with Crippen molar-refractivity contribution in [2.45, 2.75) is 13.5 Å². The largest absolute Gasteiger partial charge is 0.434 e. The van der Waals surface area contributed by atoms with Gasteiger partial charge in [-0.15, -0.1) is 0 Å². The lowest BCUT2D eigenvalue weighted by molar-refractivity contribution is -0.825. The second-order valence-corrected chi connectivity index (χ2v) is 7.22. The van der Waals surface area contributed by atoms with Gasteiger partial charge in [-0.25, -0.2) is 5.21 Å². The molecule has 0 saturated carbocycles. The van der Waals surface area contributed by atoms with Crippen LogP contribution in [0.15, 0.2) is 72.0 Å². The van der Waals surface area contributed by atoms with E-state index in [1.54, 1.807) is 18.2 Å². The van der Waals surface area contributed by atoms with E-state index >= 15 is 0 Å². The molecular weight excluding hydrogens is 450 g/mol. The van der Waals surface area contributed by atoms with Crippen molar-refractivity contribution in [3.63, 3.8) is 0 Å². The number of carbonyl (C=O) groups is 2. The molecule has 9 nitrogen and oxygen atoms in total. The summed E-state index contributed by atoms with van der Waals surface area (Å²) < 4.78 is 35.7. The summed E-state index contributed by atoms with van der Waals surface area (Å²) in [5.41, 5.74) is 2.45. The average molecular weight is 469 g/mol. The first kappa shape index (κ1) is 23.0. The van der Waals surface area contributed by atoms with E-state index in [0.717, 1.165) is 10.5 Å². The van der Waals surface area contributed by atoms with Gasteiger partial charge < -0.3 is 9.47 Å². The van der Waals surface area contributed by atoms with Gasteiger partial charge in [0.2, 0.25) is 0 Å². The van der Waals surface area contributed by atoms with Crippen molar-refractivity contribution in [2.24, 2.45) is 11.0 Å². The Bertz CT molecular complexity index is 1240. The summed E-state index contributed by atoms with van der Waals surface area (Å²) in [6.07, 6.45) is 1.49. The van der Waals surface area contributed by atoms with Crippen LogP contribution in [0, 0.1) is 5.92 Å². The van der Waals surface area contributed by atoms with Gasteiger partial charge in [0.05, 0.1) is 17.1 Å². The number of nitrogens with zero attached hydrogens (tertiary/aromatic N) is 3. The van der Waals surface area contributed by atoms with E-state index < -0.39 is 24.4 Å². The van der Waals surface area contributed by atoms with Gasteiger partial charge in [0.1, 0.15) is 11.5 Å². The fourth-order valence-corrected chi connectivity index (χ4v) is 3.39. The lowest BCUT2D eigenvalue weighted by atomic mass is 10.0. The van der Waals surface area contributed by atoms with Gasteiger partial charge in [-0.1, -0.05) is 6.07 Å². The van der Waals surface area contributed by atoms with Gasteiger partial charge in [0, 0.05) is 23.9 Å². The molecular formula is C23H19F2N4O5+. The molecule has 2 aromatic carbocycles. The maximum absolute atomic E-state index is 13.1. The maximum atomic E-state index is 13.1. The number of aromatic nitrogens is 1. The molecule has 0 aliphatic carbocycles. The number of amides is 1. The molecule has 1 amide bonds. The van der Waals surface area contributed by atoms with Crippen molar-refractivity contribution in [3.05, 3.63) is 66.9 Å². The van der Waals surface area contributed by atoms with Crippen LogP contribution < -0.4 is 20.0 Å². The number of nitrogens with two attached hydrogens (primary N) is 1. The Kier molecular flexibility index (Phi) is 6.57. The highest BCUT2D eigenvalue weighted by molar-refractivity contribution is 6.25. The molecule has 11 heteroatoms. The van der Waals surface area contributed by atoms with Crippen molar-refractivity contribution < 1.29 is 38.5 Å². The zero-order valence-corrected chi connectivity index (χ0v) is 17.8. The first-order chi connectivity index (χ1) is 16.4. The molecule has 2 heterocycles. The van der Waals surface area contributed by atoms with E-state index in [4.69, 9.17) is 9.94 Å². The van der Waals surface area contributed by atoms with E-state index in [-0.39, 0.29) is 28.5 Å². The Balaban J connectivity index is 1.60. The number of halogens is 2. The Hall–Kier alpha value is -4.22. The second-order valence-electron chi connectivity index (χ2n) is 7.22. The fourth-order valence-electron chi connectivity index (χ4n) is 3.39. The molecule has 0 radical (unpaired) electrons. The van der Waals surface area contributed by atoms with Gasteiger partial charge in [-0.2, -0.15) is 24.4 Å². The van der Waals surface area contributed by atoms with Crippen LogP contribution in [-0.4, -0.2) is 34.4 Å². The number of ether oxygens (including phenoxy) is 2. The second kappa shape index (κ2) is 9.73. The number of quaternary nitrogens is 1. The van der Waals surface area contributed by atoms with Crippen LogP contribution in [0.5, 0.6) is 11.5 Å². The van der Waals surface area contributed by atoms with Gasteiger partial charge in [0.15, 0.2) is 11.6 Å². The Morgan fingerprint density at radius 1 is 1.15 bits per heavy atom. The molecule has 4 rings (SSSR count). The highest BCUT2D eigenvalue weighted by atomic mass is 19.3. The first-order valence-corrected chi connectivity index (χ1v) is 10.1. The minimum Gasteiger partial charge on any atom is -0.434 e. The summed E-state index contributed by atoms with van der Waals surface area (Å²) in [6.45, 7) is -1.54. The number of hydrogen-bond donors (Lipinski definition) is 2. The molecule has 0 spiro atoms. The molecule has 34 heavy (non-hydrogen) atoms.